The molecule has 8 nitrogen and oxygen atoms in total. The van der Waals surface area contributed by atoms with Crippen molar-refractivity contribution in [3.05, 3.63) is 54.1 Å². The maximum absolute atomic E-state index is 13.0. The van der Waals surface area contributed by atoms with E-state index in [0.717, 1.165) is 32.1 Å². The number of amides is 2. The number of benzene rings is 2. The van der Waals surface area contributed by atoms with E-state index in [1.165, 1.54) is 33.5 Å². The topological polar surface area (TPSA) is 96.0 Å². The normalized spacial score (nSPS) is 17.4. The molecule has 0 unspecified atom stereocenters. The summed E-state index contributed by atoms with van der Waals surface area (Å²) < 4.78 is 32.4. The van der Waals surface area contributed by atoms with Gasteiger partial charge in [0.05, 0.1) is 11.4 Å². The molecule has 4 rings (SSSR count). The summed E-state index contributed by atoms with van der Waals surface area (Å²) in [7, 11) is -1.97. The number of nitrogens with zero attached hydrogens (tertiary/aromatic N) is 2. The largest absolute Gasteiger partial charge is 0.447 e. The highest BCUT2D eigenvalue weighted by Crippen LogP contribution is 2.27. The first kappa shape index (κ1) is 22.3. The van der Waals surface area contributed by atoms with Crippen molar-refractivity contribution in [2.24, 2.45) is 0 Å². The van der Waals surface area contributed by atoms with Gasteiger partial charge in [-0.15, -0.1) is 0 Å². The van der Waals surface area contributed by atoms with Gasteiger partial charge in [-0.25, -0.2) is 13.2 Å². The molecule has 2 fully saturated rings. The second kappa shape index (κ2) is 9.30. The predicted octanol–water partition coefficient (Wildman–Crippen LogP) is 3.85. The van der Waals surface area contributed by atoms with Gasteiger partial charge in [0.1, 0.15) is 6.61 Å². The smallest absolute Gasteiger partial charge is 0.414 e. The molecule has 0 radical (unpaired) electrons. The number of cyclic esters (lactones) is 1. The molecule has 2 aromatic rings. The van der Waals surface area contributed by atoms with Crippen molar-refractivity contribution >= 4 is 33.4 Å². The minimum atomic E-state index is -3.61. The van der Waals surface area contributed by atoms with Crippen molar-refractivity contribution < 1.29 is 22.7 Å². The Morgan fingerprint density at radius 3 is 2.47 bits per heavy atom. The second-order valence-corrected chi connectivity index (χ2v) is 10.1. The van der Waals surface area contributed by atoms with E-state index < -0.39 is 16.1 Å². The van der Waals surface area contributed by atoms with Crippen molar-refractivity contribution in [2.45, 2.75) is 43.0 Å². The van der Waals surface area contributed by atoms with Crippen LogP contribution >= 0.6 is 0 Å². The summed E-state index contributed by atoms with van der Waals surface area (Å²) in [5, 5.41) is 2.79. The first-order chi connectivity index (χ1) is 15.4. The quantitative estimate of drug-likeness (QED) is 0.711. The maximum Gasteiger partial charge on any atom is 0.414 e. The van der Waals surface area contributed by atoms with E-state index in [9.17, 15) is 18.0 Å². The Morgan fingerprint density at radius 2 is 1.81 bits per heavy atom. The highest BCUT2D eigenvalue weighted by molar-refractivity contribution is 7.89. The number of rotatable bonds is 6. The third kappa shape index (κ3) is 4.63. The van der Waals surface area contributed by atoms with Crippen LogP contribution in [-0.4, -0.2) is 51.0 Å². The van der Waals surface area contributed by atoms with Gasteiger partial charge < -0.3 is 10.1 Å². The lowest BCUT2D eigenvalue weighted by molar-refractivity contribution is 0.102. The molecule has 170 valence electrons. The fourth-order valence-electron chi connectivity index (χ4n) is 4.17. The van der Waals surface area contributed by atoms with E-state index in [2.05, 4.69) is 5.32 Å². The maximum atomic E-state index is 13.0. The van der Waals surface area contributed by atoms with Crippen molar-refractivity contribution in [3.8, 4) is 0 Å². The molecule has 1 N–H and O–H groups in total. The fourth-order valence-corrected chi connectivity index (χ4v) is 5.58. The molecule has 2 aliphatic rings. The number of carbonyl (C=O) groups excluding carboxylic acids is 2. The van der Waals surface area contributed by atoms with E-state index >= 15 is 0 Å². The van der Waals surface area contributed by atoms with E-state index in [-0.39, 0.29) is 16.8 Å². The van der Waals surface area contributed by atoms with Gasteiger partial charge in [-0.05, 0) is 55.3 Å². The number of anilines is 2. The third-order valence-electron chi connectivity index (χ3n) is 6.06. The highest BCUT2D eigenvalue weighted by atomic mass is 32.2. The summed E-state index contributed by atoms with van der Waals surface area (Å²) in [5.74, 6) is -0.365. The number of hydrogen-bond donors (Lipinski definition) is 1. The summed E-state index contributed by atoms with van der Waals surface area (Å²) in [6, 6.07) is 12.9. The Bertz CT molecular complexity index is 1090. The fraction of sp³-hybridized carbons (Fsp3) is 0.391. The number of carbonyl (C=O) groups is 2. The van der Waals surface area contributed by atoms with E-state index in [0.29, 0.717) is 30.1 Å². The molecular weight excluding hydrogens is 430 g/mol. The molecule has 0 spiro atoms. The molecule has 1 aliphatic heterocycles. The van der Waals surface area contributed by atoms with Crippen LogP contribution in [0.1, 0.15) is 42.5 Å². The van der Waals surface area contributed by atoms with Gasteiger partial charge in [0, 0.05) is 30.0 Å². The summed E-state index contributed by atoms with van der Waals surface area (Å²) in [5.41, 5.74) is 1.51. The van der Waals surface area contributed by atoms with Crippen LogP contribution in [-0.2, 0) is 14.8 Å². The third-order valence-corrected chi connectivity index (χ3v) is 7.98. The number of ether oxygens (including phenoxy) is 1. The van der Waals surface area contributed by atoms with Gasteiger partial charge in [0.2, 0.25) is 10.0 Å². The average Bonchev–Trinajstić information content (AvgIpc) is 3.25. The molecule has 9 heteroatoms. The SMILES string of the molecule is CN(C1CCCCC1)S(=O)(=O)c1ccc(C(=O)Nc2cccc(N3CCOC3=O)c2)cc1. The Balaban J connectivity index is 1.45. The van der Waals surface area contributed by atoms with Gasteiger partial charge >= 0.3 is 6.09 Å². The van der Waals surface area contributed by atoms with Crippen LogP contribution in [0.5, 0.6) is 0 Å². The van der Waals surface area contributed by atoms with E-state index in [1.54, 1.807) is 31.3 Å². The molecule has 0 bridgehead atoms. The van der Waals surface area contributed by atoms with Crippen LogP contribution in [0.15, 0.2) is 53.4 Å². The molecule has 1 saturated carbocycles. The summed E-state index contributed by atoms with van der Waals surface area (Å²) in [6.45, 7) is 0.794. The number of sulfonamides is 1. The monoisotopic (exact) mass is 457 g/mol. The molecule has 2 aromatic carbocycles. The van der Waals surface area contributed by atoms with Crippen molar-refractivity contribution in [1.29, 1.82) is 0 Å². The first-order valence-corrected chi connectivity index (χ1v) is 12.2. The Kier molecular flexibility index (Phi) is 6.48. The standard InChI is InChI=1S/C23H27N3O5S/c1-25(19-7-3-2-4-8-19)32(29,30)21-12-10-17(11-13-21)22(27)24-18-6-5-9-20(16-18)26-14-15-31-23(26)28/h5-6,9-13,16,19H,2-4,7-8,14-15H2,1H3,(H,24,27). The lowest BCUT2D eigenvalue weighted by Crippen LogP contribution is -2.38. The summed E-state index contributed by atoms with van der Waals surface area (Å²) in [6.07, 6.45) is 4.59. The van der Waals surface area contributed by atoms with Gasteiger partial charge in [-0.3, -0.25) is 9.69 Å². The Labute approximate surface area is 188 Å². The number of hydrogen-bond acceptors (Lipinski definition) is 5. The Morgan fingerprint density at radius 1 is 1.09 bits per heavy atom. The zero-order valence-electron chi connectivity index (χ0n) is 18.0. The predicted molar refractivity (Wildman–Crippen MR) is 121 cm³/mol. The molecule has 2 amide bonds. The van der Waals surface area contributed by atoms with Crippen molar-refractivity contribution in [2.75, 3.05) is 30.4 Å². The molecule has 32 heavy (non-hydrogen) atoms. The van der Waals surface area contributed by atoms with Gasteiger partial charge in [0.15, 0.2) is 0 Å². The van der Waals surface area contributed by atoms with Crippen LogP contribution in [0.25, 0.3) is 0 Å². The Hall–Kier alpha value is -2.91. The van der Waals surface area contributed by atoms with Crippen molar-refractivity contribution in [3.63, 3.8) is 0 Å². The van der Waals surface area contributed by atoms with E-state index in [4.69, 9.17) is 4.74 Å². The number of nitrogens with one attached hydrogen (secondary N) is 1. The van der Waals surface area contributed by atoms with Gasteiger partial charge in [-0.2, -0.15) is 4.31 Å². The van der Waals surface area contributed by atoms with Crippen LogP contribution in [0.4, 0.5) is 16.2 Å². The molecule has 1 heterocycles. The molecule has 1 saturated heterocycles. The van der Waals surface area contributed by atoms with Gasteiger partial charge in [-0.1, -0.05) is 25.3 Å². The molecule has 1 aliphatic carbocycles. The van der Waals surface area contributed by atoms with Crippen LogP contribution in [0.3, 0.4) is 0 Å². The lowest BCUT2D eigenvalue weighted by Gasteiger charge is -2.30. The van der Waals surface area contributed by atoms with Crippen LogP contribution < -0.4 is 10.2 Å². The van der Waals surface area contributed by atoms with Crippen molar-refractivity contribution in [1.82, 2.24) is 4.31 Å². The highest BCUT2D eigenvalue weighted by Gasteiger charge is 2.29. The van der Waals surface area contributed by atoms with E-state index in [1.807, 2.05) is 0 Å². The second-order valence-electron chi connectivity index (χ2n) is 8.11. The minimum absolute atomic E-state index is 0.0249. The molecular formula is C23H27N3O5S. The average molecular weight is 458 g/mol. The zero-order chi connectivity index (χ0) is 22.7. The van der Waals surface area contributed by atoms with Crippen LogP contribution in [0.2, 0.25) is 0 Å². The van der Waals surface area contributed by atoms with Crippen LogP contribution in [0, 0.1) is 0 Å². The zero-order valence-corrected chi connectivity index (χ0v) is 18.8. The summed E-state index contributed by atoms with van der Waals surface area (Å²) in [4.78, 5) is 26.1. The summed E-state index contributed by atoms with van der Waals surface area (Å²) >= 11 is 0. The molecule has 0 atom stereocenters. The minimum Gasteiger partial charge on any atom is -0.447 e. The van der Waals surface area contributed by atoms with Gasteiger partial charge in [0.25, 0.3) is 5.91 Å². The first-order valence-electron chi connectivity index (χ1n) is 10.8. The lowest BCUT2D eigenvalue weighted by atomic mass is 9.96. The molecule has 0 aromatic heterocycles.